The maximum absolute atomic E-state index is 13.1. The summed E-state index contributed by atoms with van der Waals surface area (Å²) in [6, 6.07) is 11.3. The van der Waals surface area contributed by atoms with Crippen molar-refractivity contribution in [2.75, 3.05) is 20.3 Å². The molecule has 178 valence electrons. The molecule has 2 aromatic rings. The molecule has 0 heterocycles. The first-order valence-corrected chi connectivity index (χ1v) is 11.3. The highest BCUT2D eigenvalue weighted by Crippen LogP contribution is 2.31. The van der Waals surface area contributed by atoms with E-state index in [9.17, 15) is 9.59 Å². The predicted molar refractivity (Wildman–Crippen MR) is 134 cm³/mol. The van der Waals surface area contributed by atoms with Gasteiger partial charge in [-0.2, -0.15) is 0 Å². The van der Waals surface area contributed by atoms with E-state index in [4.69, 9.17) is 15.2 Å². The maximum atomic E-state index is 13.1. The second-order valence-electron chi connectivity index (χ2n) is 10.2. The summed E-state index contributed by atoms with van der Waals surface area (Å²) in [7, 11) is 1.33. The Hall–Kier alpha value is -2.92. The number of ketones is 1. The van der Waals surface area contributed by atoms with Crippen LogP contribution in [0, 0.1) is 0 Å². The third kappa shape index (κ3) is 7.29. The molecule has 0 spiro atoms. The number of carbonyl (C=O) groups excluding carboxylic acids is 2. The molecule has 0 bridgehead atoms. The Morgan fingerprint density at radius 2 is 1.55 bits per heavy atom. The van der Waals surface area contributed by atoms with E-state index >= 15 is 0 Å². The number of carbonyl (C=O) groups is 2. The molecule has 0 unspecified atom stereocenters. The molecule has 0 aliphatic rings. The highest BCUT2D eigenvalue weighted by atomic mass is 16.5. The summed E-state index contributed by atoms with van der Waals surface area (Å²) in [5, 5.41) is 0. The number of hydrogen-bond acceptors (Lipinski definition) is 5. The molecule has 0 saturated heterocycles. The van der Waals surface area contributed by atoms with Gasteiger partial charge in [-0.1, -0.05) is 59.8 Å². The minimum absolute atomic E-state index is 0.0699. The number of ether oxygens (including phenoxy) is 2. The van der Waals surface area contributed by atoms with E-state index in [0.29, 0.717) is 36.4 Å². The van der Waals surface area contributed by atoms with Gasteiger partial charge < -0.3 is 15.2 Å². The van der Waals surface area contributed by atoms with Gasteiger partial charge in [0.1, 0.15) is 11.3 Å². The van der Waals surface area contributed by atoms with Crippen molar-refractivity contribution in [2.45, 2.75) is 58.8 Å². The summed E-state index contributed by atoms with van der Waals surface area (Å²) in [6.07, 6.45) is 3.96. The van der Waals surface area contributed by atoms with Crippen LogP contribution >= 0.6 is 0 Å². The lowest BCUT2D eigenvalue weighted by Gasteiger charge is -2.25. The van der Waals surface area contributed by atoms with Crippen molar-refractivity contribution < 1.29 is 19.1 Å². The van der Waals surface area contributed by atoms with E-state index in [2.05, 4.69) is 47.6 Å². The van der Waals surface area contributed by atoms with Gasteiger partial charge in [0.2, 0.25) is 0 Å². The van der Waals surface area contributed by atoms with Gasteiger partial charge >= 0.3 is 5.97 Å². The molecule has 33 heavy (non-hydrogen) atoms. The zero-order chi connectivity index (χ0) is 24.8. The van der Waals surface area contributed by atoms with Crippen LogP contribution in [0.5, 0.6) is 5.75 Å². The van der Waals surface area contributed by atoms with Gasteiger partial charge in [-0.15, -0.1) is 0 Å². The van der Waals surface area contributed by atoms with Crippen LogP contribution in [0.15, 0.2) is 42.5 Å². The lowest BCUT2D eigenvalue weighted by Crippen LogP contribution is -2.17. The number of esters is 1. The smallest absolute Gasteiger partial charge is 0.341 e. The van der Waals surface area contributed by atoms with Crippen molar-refractivity contribution in [2.24, 2.45) is 5.73 Å². The normalized spacial score (nSPS) is 12.1. The van der Waals surface area contributed by atoms with Crippen LogP contribution in [0.2, 0.25) is 0 Å². The summed E-state index contributed by atoms with van der Waals surface area (Å²) in [5.41, 5.74) is 9.41. The molecule has 0 radical (unpaired) electrons. The number of hydrogen-bond donors (Lipinski definition) is 1. The summed E-state index contributed by atoms with van der Waals surface area (Å²) < 4.78 is 10.6. The fourth-order valence-electron chi connectivity index (χ4n) is 3.21. The average molecular weight is 452 g/mol. The van der Waals surface area contributed by atoms with Crippen molar-refractivity contribution in [3.05, 3.63) is 70.3 Å². The van der Waals surface area contributed by atoms with Crippen molar-refractivity contribution in [1.29, 1.82) is 0 Å². The van der Waals surface area contributed by atoms with Crippen molar-refractivity contribution in [3.63, 3.8) is 0 Å². The molecule has 0 aliphatic carbocycles. The van der Waals surface area contributed by atoms with Gasteiger partial charge in [-0.3, -0.25) is 4.79 Å². The fourth-order valence-corrected chi connectivity index (χ4v) is 3.21. The Balaban J connectivity index is 2.38. The highest BCUT2D eigenvalue weighted by Gasteiger charge is 2.21. The van der Waals surface area contributed by atoms with Crippen molar-refractivity contribution in [3.8, 4) is 5.75 Å². The Kier molecular flexibility index (Phi) is 8.62. The SMILES string of the molecule is COC(=O)c1ccc(C=CC(=O)c2cc(C(C)(C)C)cc(C(C)(C)C)c2)cc1OCCCN. The lowest BCUT2D eigenvalue weighted by molar-refractivity contribution is 0.0596. The summed E-state index contributed by atoms with van der Waals surface area (Å²) in [5.74, 6) is -0.137. The molecular weight excluding hydrogens is 414 g/mol. The highest BCUT2D eigenvalue weighted by molar-refractivity contribution is 6.07. The monoisotopic (exact) mass is 451 g/mol. The molecule has 0 saturated carbocycles. The first-order chi connectivity index (χ1) is 15.4. The standard InChI is InChI=1S/C28H37NO4/c1-27(2,3)21-16-20(17-22(18-21)28(4,5)6)24(30)12-10-19-9-11-23(26(31)32-7)25(15-19)33-14-8-13-29/h9-12,15-18H,8,13-14,29H2,1-7H3. The third-order valence-corrected chi connectivity index (χ3v) is 5.39. The average Bonchev–Trinajstić information content (AvgIpc) is 2.75. The topological polar surface area (TPSA) is 78.6 Å². The van der Waals surface area contributed by atoms with Crippen LogP contribution in [-0.4, -0.2) is 32.0 Å². The van der Waals surface area contributed by atoms with E-state index in [1.807, 2.05) is 12.1 Å². The number of methoxy groups -OCH3 is 1. The van der Waals surface area contributed by atoms with Crippen molar-refractivity contribution >= 4 is 17.8 Å². The Labute approximate surface area is 198 Å². The van der Waals surface area contributed by atoms with Gasteiger partial charge in [0.25, 0.3) is 0 Å². The van der Waals surface area contributed by atoms with Crippen molar-refractivity contribution in [1.82, 2.24) is 0 Å². The first-order valence-electron chi connectivity index (χ1n) is 11.3. The van der Waals surface area contributed by atoms with Crippen LogP contribution in [0.25, 0.3) is 6.08 Å². The quantitative estimate of drug-likeness (QED) is 0.241. The molecule has 2 N–H and O–H groups in total. The Bertz CT molecular complexity index is 991. The third-order valence-electron chi connectivity index (χ3n) is 5.39. The van der Waals surface area contributed by atoms with E-state index in [-0.39, 0.29) is 16.6 Å². The molecule has 0 atom stereocenters. The second kappa shape index (κ2) is 10.8. The molecule has 0 fully saturated rings. The number of allylic oxidation sites excluding steroid dienone is 1. The second-order valence-corrected chi connectivity index (χ2v) is 10.2. The summed E-state index contributed by atoms with van der Waals surface area (Å²) in [6.45, 7) is 13.8. The minimum Gasteiger partial charge on any atom is -0.493 e. The molecule has 0 aliphatic heterocycles. The zero-order valence-corrected chi connectivity index (χ0v) is 21.0. The Morgan fingerprint density at radius 3 is 2.06 bits per heavy atom. The first kappa shape index (κ1) is 26.3. The fraction of sp³-hybridized carbons (Fsp3) is 0.429. The lowest BCUT2D eigenvalue weighted by atomic mass is 9.79. The van der Waals surface area contributed by atoms with Gasteiger partial charge in [-0.05, 0) is 70.8 Å². The molecule has 5 heteroatoms. The molecule has 2 aromatic carbocycles. The summed E-state index contributed by atoms with van der Waals surface area (Å²) >= 11 is 0. The van der Waals surface area contributed by atoms with Crippen LogP contribution < -0.4 is 10.5 Å². The molecule has 0 aromatic heterocycles. The van der Waals surface area contributed by atoms with Gasteiger partial charge in [-0.25, -0.2) is 4.79 Å². The minimum atomic E-state index is -0.474. The van der Waals surface area contributed by atoms with E-state index in [1.54, 1.807) is 30.4 Å². The summed E-state index contributed by atoms with van der Waals surface area (Å²) in [4.78, 5) is 25.1. The van der Waals surface area contributed by atoms with Gasteiger partial charge in [0, 0.05) is 5.56 Å². The number of rotatable bonds is 8. The van der Waals surface area contributed by atoms with E-state index in [1.165, 1.54) is 7.11 Å². The number of benzene rings is 2. The van der Waals surface area contributed by atoms with Gasteiger partial charge in [0.15, 0.2) is 5.78 Å². The van der Waals surface area contributed by atoms with Crippen LogP contribution in [-0.2, 0) is 15.6 Å². The molecule has 2 rings (SSSR count). The number of nitrogens with two attached hydrogens (primary N) is 1. The van der Waals surface area contributed by atoms with Crippen LogP contribution in [0.1, 0.15) is 85.4 Å². The maximum Gasteiger partial charge on any atom is 0.341 e. The molecular formula is C28H37NO4. The van der Waals surface area contributed by atoms with Crippen LogP contribution in [0.4, 0.5) is 0 Å². The van der Waals surface area contributed by atoms with E-state index < -0.39 is 5.97 Å². The largest absolute Gasteiger partial charge is 0.493 e. The molecule has 0 amide bonds. The Morgan fingerprint density at radius 1 is 0.939 bits per heavy atom. The van der Waals surface area contributed by atoms with Crippen LogP contribution in [0.3, 0.4) is 0 Å². The zero-order valence-electron chi connectivity index (χ0n) is 21.0. The van der Waals surface area contributed by atoms with E-state index in [0.717, 1.165) is 16.7 Å². The molecule has 5 nitrogen and oxygen atoms in total. The van der Waals surface area contributed by atoms with Gasteiger partial charge in [0.05, 0.1) is 13.7 Å². The predicted octanol–water partition coefficient (Wildman–Crippen LogP) is 5.69.